The SMILES string of the molecule is CCOCc1cnc(N2CCCCC2)[se]1. The van der Waals surface area contributed by atoms with Crippen LogP contribution in [0, 0.1) is 0 Å². The molecule has 0 N–H and O–H groups in total. The fourth-order valence-electron chi connectivity index (χ4n) is 1.80. The molecule has 0 aromatic carbocycles. The number of nitrogens with zero attached hydrogens (tertiary/aromatic N) is 2. The molecule has 0 amide bonds. The van der Waals surface area contributed by atoms with Crippen LogP contribution in [-0.2, 0) is 11.3 Å². The van der Waals surface area contributed by atoms with Gasteiger partial charge in [-0.2, -0.15) is 0 Å². The Balaban J connectivity index is 1.93. The number of hydrogen-bond donors (Lipinski definition) is 0. The molecule has 1 aromatic heterocycles. The van der Waals surface area contributed by atoms with Gasteiger partial charge in [0.2, 0.25) is 0 Å². The van der Waals surface area contributed by atoms with Gasteiger partial charge in [-0.25, -0.2) is 0 Å². The van der Waals surface area contributed by atoms with E-state index in [1.54, 1.807) is 0 Å². The maximum absolute atomic E-state index is 5.41. The summed E-state index contributed by atoms with van der Waals surface area (Å²) in [6.45, 7) is 6.02. The number of anilines is 1. The van der Waals surface area contributed by atoms with Gasteiger partial charge in [0.05, 0.1) is 0 Å². The van der Waals surface area contributed by atoms with Gasteiger partial charge in [-0.1, -0.05) is 0 Å². The van der Waals surface area contributed by atoms with Crippen LogP contribution in [0.15, 0.2) is 6.20 Å². The van der Waals surface area contributed by atoms with Crippen LogP contribution in [0.5, 0.6) is 0 Å². The zero-order valence-corrected chi connectivity index (χ0v) is 11.0. The molecule has 0 radical (unpaired) electrons. The van der Waals surface area contributed by atoms with E-state index in [-0.39, 0.29) is 0 Å². The van der Waals surface area contributed by atoms with E-state index in [1.807, 2.05) is 13.1 Å². The molecule has 0 atom stereocenters. The third-order valence-electron chi connectivity index (χ3n) is 2.62. The number of ether oxygens (including phenoxy) is 1. The van der Waals surface area contributed by atoms with E-state index in [4.69, 9.17) is 4.74 Å². The minimum absolute atomic E-state index is 0.423. The van der Waals surface area contributed by atoms with Crippen LogP contribution in [0.25, 0.3) is 0 Å². The molecule has 1 aromatic rings. The van der Waals surface area contributed by atoms with E-state index in [1.165, 1.54) is 41.5 Å². The molecular formula is C11H18N2OSe. The molecule has 0 saturated carbocycles. The molecule has 2 rings (SSSR count). The molecule has 0 unspecified atom stereocenters. The summed E-state index contributed by atoms with van der Waals surface area (Å²) in [6.07, 6.45) is 6.06. The van der Waals surface area contributed by atoms with E-state index < -0.39 is 0 Å². The third kappa shape index (κ3) is 3.07. The predicted molar refractivity (Wildman–Crippen MR) is 62.6 cm³/mol. The third-order valence-corrected chi connectivity index (χ3v) is 4.78. The van der Waals surface area contributed by atoms with Gasteiger partial charge in [0.15, 0.2) is 0 Å². The van der Waals surface area contributed by atoms with Crippen molar-refractivity contribution in [3.05, 3.63) is 10.6 Å². The van der Waals surface area contributed by atoms with Gasteiger partial charge in [0.25, 0.3) is 0 Å². The molecule has 2 heterocycles. The molecule has 0 bridgehead atoms. The molecule has 0 aliphatic carbocycles. The Labute approximate surface area is 97.2 Å². The first-order chi connectivity index (χ1) is 7.40. The molecule has 0 spiro atoms. The van der Waals surface area contributed by atoms with E-state index in [0.29, 0.717) is 14.5 Å². The Hall–Kier alpha value is -0.311. The van der Waals surface area contributed by atoms with Crippen LogP contribution in [0.3, 0.4) is 0 Å². The summed E-state index contributed by atoms with van der Waals surface area (Å²) in [5.74, 6) is 0. The zero-order chi connectivity index (χ0) is 10.5. The number of piperidine rings is 1. The van der Waals surface area contributed by atoms with Crippen LogP contribution in [0.4, 0.5) is 4.69 Å². The van der Waals surface area contributed by atoms with E-state index in [9.17, 15) is 0 Å². The molecule has 15 heavy (non-hydrogen) atoms. The monoisotopic (exact) mass is 274 g/mol. The summed E-state index contributed by atoms with van der Waals surface area (Å²) in [5, 5.41) is 0. The first kappa shape index (κ1) is 11.2. The molecule has 1 saturated heterocycles. The summed E-state index contributed by atoms with van der Waals surface area (Å²) < 4.78 is 8.10. The fraction of sp³-hybridized carbons (Fsp3) is 0.727. The van der Waals surface area contributed by atoms with Crippen LogP contribution in [0.2, 0.25) is 0 Å². The average Bonchev–Trinajstić information content (AvgIpc) is 2.76. The van der Waals surface area contributed by atoms with Crippen molar-refractivity contribution < 1.29 is 4.74 Å². The molecular weight excluding hydrogens is 255 g/mol. The first-order valence-electron chi connectivity index (χ1n) is 5.67. The van der Waals surface area contributed by atoms with Crippen molar-refractivity contribution in [1.29, 1.82) is 0 Å². The van der Waals surface area contributed by atoms with E-state index >= 15 is 0 Å². The average molecular weight is 273 g/mol. The molecule has 84 valence electrons. The molecule has 1 fully saturated rings. The Bertz CT molecular complexity index is 295. The predicted octanol–water partition coefficient (Wildman–Crippen LogP) is 1.67. The number of aromatic nitrogens is 1. The van der Waals surface area contributed by atoms with Crippen LogP contribution < -0.4 is 4.90 Å². The topological polar surface area (TPSA) is 25.4 Å². The van der Waals surface area contributed by atoms with Crippen molar-refractivity contribution in [1.82, 2.24) is 4.98 Å². The standard InChI is InChI=1S/C11H18N2OSe/c1-2-14-9-10-8-12-11(15-10)13-6-4-3-5-7-13/h8H,2-7,9H2,1H3. The maximum atomic E-state index is 5.41. The van der Waals surface area contributed by atoms with Gasteiger partial charge in [-0.05, 0) is 0 Å². The quantitative estimate of drug-likeness (QED) is 0.780. The summed E-state index contributed by atoms with van der Waals surface area (Å²) >= 11 is 0.423. The van der Waals surface area contributed by atoms with Crippen molar-refractivity contribution >= 4 is 19.2 Å². The van der Waals surface area contributed by atoms with Gasteiger partial charge >= 0.3 is 96.9 Å². The molecule has 3 nitrogen and oxygen atoms in total. The van der Waals surface area contributed by atoms with E-state index in [2.05, 4.69) is 9.88 Å². The Morgan fingerprint density at radius 1 is 1.40 bits per heavy atom. The van der Waals surface area contributed by atoms with Crippen molar-refractivity contribution in [2.75, 3.05) is 24.6 Å². The fourth-order valence-corrected chi connectivity index (χ4v) is 3.68. The van der Waals surface area contributed by atoms with Crippen molar-refractivity contribution in [3.8, 4) is 0 Å². The first-order valence-corrected chi connectivity index (χ1v) is 7.39. The van der Waals surface area contributed by atoms with Gasteiger partial charge in [0, 0.05) is 0 Å². The van der Waals surface area contributed by atoms with Crippen molar-refractivity contribution in [2.45, 2.75) is 32.8 Å². The molecule has 1 aliphatic rings. The molecule has 1 aliphatic heterocycles. The summed E-state index contributed by atoms with van der Waals surface area (Å²) in [4.78, 5) is 6.98. The second kappa shape index (κ2) is 5.69. The number of hydrogen-bond acceptors (Lipinski definition) is 3. The summed E-state index contributed by atoms with van der Waals surface area (Å²) in [6, 6.07) is 0. The Morgan fingerprint density at radius 2 is 2.20 bits per heavy atom. The van der Waals surface area contributed by atoms with E-state index in [0.717, 1.165) is 13.2 Å². The van der Waals surface area contributed by atoms with Gasteiger partial charge in [-0.15, -0.1) is 0 Å². The van der Waals surface area contributed by atoms with Gasteiger partial charge in [-0.3, -0.25) is 0 Å². The molecule has 4 heteroatoms. The second-order valence-electron chi connectivity index (χ2n) is 3.79. The Kier molecular flexibility index (Phi) is 4.24. The summed E-state index contributed by atoms with van der Waals surface area (Å²) in [5.41, 5.74) is 0. The Morgan fingerprint density at radius 3 is 2.93 bits per heavy atom. The summed E-state index contributed by atoms with van der Waals surface area (Å²) in [7, 11) is 0. The number of rotatable bonds is 4. The zero-order valence-electron chi connectivity index (χ0n) is 9.24. The van der Waals surface area contributed by atoms with Crippen LogP contribution in [-0.4, -0.2) is 39.2 Å². The normalized spacial score (nSPS) is 17.0. The van der Waals surface area contributed by atoms with Gasteiger partial charge in [0.1, 0.15) is 0 Å². The van der Waals surface area contributed by atoms with Crippen LogP contribution in [0.1, 0.15) is 30.6 Å². The second-order valence-corrected chi connectivity index (χ2v) is 6.09. The van der Waals surface area contributed by atoms with Crippen molar-refractivity contribution in [3.63, 3.8) is 0 Å². The van der Waals surface area contributed by atoms with Gasteiger partial charge < -0.3 is 0 Å². The minimum atomic E-state index is 0.423. The van der Waals surface area contributed by atoms with Crippen molar-refractivity contribution in [2.24, 2.45) is 0 Å². The van der Waals surface area contributed by atoms with Crippen LogP contribution >= 0.6 is 0 Å².